The van der Waals surface area contributed by atoms with Crippen LogP contribution in [-0.2, 0) is 5.41 Å². The van der Waals surface area contributed by atoms with Gasteiger partial charge in [0.15, 0.2) is 17.5 Å². The molecule has 4 fully saturated rings. The Morgan fingerprint density at radius 3 is 2.10 bits per heavy atom. The summed E-state index contributed by atoms with van der Waals surface area (Å²) in [6.45, 7) is 0. The monoisotopic (exact) mass is 519 g/mol. The van der Waals surface area contributed by atoms with Gasteiger partial charge < -0.3 is 0 Å². The summed E-state index contributed by atoms with van der Waals surface area (Å²) in [6.07, 6.45) is 10.1. The number of benzene rings is 3. The van der Waals surface area contributed by atoms with Crippen LogP contribution in [0, 0.1) is 29.1 Å². The first kappa shape index (κ1) is 23.5. The maximum absolute atomic E-state index is 9.49. The molecular weight excluding hydrogens is 490 g/mol. The molecular formula is C35H29N5. The van der Waals surface area contributed by atoms with Gasteiger partial charge in [0.1, 0.15) is 5.69 Å². The van der Waals surface area contributed by atoms with Crippen molar-refractivity contribution >= 4 is 10.8 Å². The molecule has 0 unspecified atom stereocenters. The molecule has 5 nitrogen and oxygen atoms in total. The lowest BCUT2D eigenvalue weighted by Crippen LogP contribution is -2.48. The fourth-order valence-corrected chi connectivity index (χ4v) is 8.36. The minimum atomic E-state index is 0.300. The standard InChI is InChI=1S/C35H29N5/c36-21-22-6-5-7-26(17-22)32-38-33(40-34(39-32)31-10-3-4-13-37-31)29-11-12-30(28-9-2-1-8-27(28)29)35-18-23-14-24(19-35)16-25(15-23)20-35/h1-13,17,23-25H,14-16,18-20H2/t23-,24+,25?,35?. The molecule has 4 saturated carbocycles. The van der Waals surface area contributed by atoms with Gasteiger partial charge in [-0.05, 0) is 102 Å². The summed E-state index contributed by atoms with van der Waals surface area (Å²) >= 11 is 0. The SMILES string of the molecule is N#Cc1cccc(-c2nc(-c3ccccn3)nc(-c3ccc(C45CC6C[C@H](C4)C[C@@H](C6)C5)c4ccccc34)n2)c1. The van der Waals surface area contributed by atoms with Crippen molar-refractivity contribution < 1.29 is 0 Å². The maximum atomic E-state index is 9.49. The summed E-state index contributed by atoms with van der Waals surface area (Å²) < 4.78 is 0. The Morgan fingerprint density at radius 1 is 0.675 bits per heavy atom. The van der Waals surface area contributed by atoms with Crippen molar-refractivity contribution in [2.75, 3.05) is 0 Å². The third-order valence-electron chi connectivity index (χ3n) is 9.55. The molecule has 2 heterocycles. The third kappa shape index (κ3) is 3.82. The Morgan fingerprint density at radius 2 is 1.38 bits per heavy atom. The zero-order valence-electron chi connectivity index (χ0n) is 22.3. The summed E-state index contributed by atoms with van der Waals surface area (Å²) in [4.78, 5) is 19.3. The van der Waals surface area contributed by atoms with Crippen LogP contribution in [0.25, 0.3) is 45.1 Å². The fourth-order valence-electron chi connectivity index (χ4n) is 8.36. The lowest BCUT2D eigenvalue weighted by molar-refractivity contribution is -0.00449. The summed E-state index contributed by atoms with van der Waals surface area (Å²) in [7, 11) is 0. The van der Waals surface area contributed by atoms with E-state index in [2.05, 4.69) is 47.5 Å². The number of hydrogen-bond donors (Lipinski definition) is 0. The van der Waals surface area contributed by atoms with Crippen molar-refractivity contribution in [2.24, 2.45) is 17.8 Å². The van der Waals surface area contributed by atoms with Gasteiger partial charge in [-0.15, -0.1) is 0 Å². The van der Waals surface area contributed by atoms with E-state index in [0.717, 1.165) is 28.9 Å². The quantitative estimate of drug-likeness (QED) is 0.243. The first-order chi connectivity index (χ1) is 19.7. The summed E-state index contributed by atoms with van der Waals surface area (Å²) in [5, 5.41) is 12.0. The van der Waals surface area contributed by atoms with E-state index in [1.165, 1.54) is 54.9 Å². The number of hydrogen-bond acceptors (Lipinski definition) is 5. The Kier molecular flexibility index (Phi) is 5.31. The highest BCUT2D eigenvalue weighted by atomic mass is 15.0. The van der Waals surface area contributed by atoms with Gasteiger partial charge in [-0.25, -0.2) is 15.0 Å². The predicted molar refractivity (Wildman–Crippen MR) is 156 cm³/mol. The molecule has 0 spiro atoms. The molecule has 4 aliphatic rings. The zero-order chi connectivity index (χ0) is 26.7. The highest BCUT2D eigenvalue weighted by Crippen LogP contribution is 2.61. The van der Waals surface area contributed by atoms with E-state index in [0.29, 0.717) is 34.1 Å². The molecule has 0 saturated heterocycles. The van der Waals surface area contributed by atoms with Gasteiger partial charge in [-0.2, -0.15) is 5.26 Å². The number of rotatable bonds is 4. The molecule has 3 aromatic carbocycles. The summed E-state index contributed by atoms with van der Waals surface area (Å²) in [5.74, 6) is 4.36. The van der Waals surface area contributed by atoms with E-state index in [1.54, 1.807) is 12.3 Å². The summed E-state index contributed by atoms with van der Waals surface area (Å²) in [6, 6.07) is 28.8. The van der Waals surface area contributed by atoms with Crippen LogP contribution in [0.4, 0.5) is 0 Å². The fraction of sp³-hybridized carbons (Fsp3) is 0.286. The molecule has 0 radical (unpaired) electrons. The zero-order valence-corrected chi connectivity index (χ0v) is 22.3. The van der Waals surface area contributed by atoms with Crippen LogP contribution in [0.5, 0.6) is 0 Å². The second kappa shape index (κ2) is 9.06. The molecule has 0 amide bonds. The third-order valence-corrected chi connectivity index (χ3v) is 9.55. The van der Waals surface area contributed by atoms with Crippen LogP contribution in [0.1, 0.15) is 49.7 Å². The van der Waals surface area contributed by atoms with Gasteiger partial charge in [0.05, 0.1) is 11.6 Å². The van der Waals surface area contributed by atoms with E-state index in [-0.39, 0.29) is 0 Å². The minimum Gasteiger partial charge on any atom is -0.253 e. The van der Waals surface area contributed by atoms with Crippen molar-refractivity contribution in [3.63, 3.8) is 0 Å². The smallest absolute Gasteiger partial charge is 0.182 e. The average molecular weight is 520 g/mol. The molecule has 40 heavy (non-hydrogen) atoms. The Labute approximate surface area is 234 Å². The van der Waals surface area contributed by atoms with Gasteiger partial charge in [0, 0.05) is 17.3 Å². The van der Waals surface area contributed by atoms with Gasteiger partial charge in [-0.1, -0.05) is 54.6 Å². The highest BCUT2D eigenvalue weighted by Gasteiger charge is 2.52. The molecule has 4 aliphatic carbocycles. The van der Waals surface area contributed by atoms with Crippen molar-refractivity contribution in [1.82, 2.24) is 19.9 Å². The largest absolute Gasteiger partial charge is 0.253 e. The minimum absolute atomic E-state index is 0.300. The molecule has 9 rings (SSSR count). The predicted octanol–water partition coefficient (Wildman–Crippen LogP) is 7.76. The molecule has 5 aromatic rings. The number of nitriles is 1. The second-order valence-electron chi connectivity index (χ2n) is 12.1. The molecule has 0 atom stereocenters. The molecule has 0 aliphatic heterocycles. The number of nitrogens with zero attached hydrogens (tertiary/aromatic N) is 5. The maximum Gasteiger partial charge on any atom is 0.182 e. The molecule has 5 heteroatoms. The van der Waals surface area contributed by atoms with Crippen molar-refractivity contribution in [2.45, 2.75) is 43.9 Å². The molecule has 0 N–H and O–H groups in total. The van der Waals surface area contributed by atoms with Gasteiger partial charge in [-0.3, -0.25) is 4.98 Å². The molecule has 194 valence electrons. The lowest BCUT2D eigenvalue weighted by Gasteiger charge is -2.57. The van der Waals surface area contributed by atoms with Crippen molar-refractivity contribution in [1.29, 1.82) is 5.26 Å². The van der Waals surface area contributed by atoms with Crippen LogP contribution < -0.4 is 0 Å². The average Bonchev–Trinajstić information content (AvgIpc) is 3.00. The van der Waals surface area contributed by atoms with E-state index < -0.39 is 0 Å². The van der Waals surface area contributed by atoms with Gasteiger partial charge >= 0.3 is 0 Å². The number of aromatic nitrogens is 4. The van der Waals surface area contributed by atoms with Crippen LogP contribution in [-0.4, -0.2) is 19.9 Å². The van der Waals surface area contributed by atoms with Crippen molar-refractivity contribution in [3.05, 3.63) is 96.2 Å². The molecule has 4 bridgehead atoms. The molecule has 2 aromatic heterocycles. The Balaban J connectivity index is 1.32. The van der Waals surface area contributed by atoms with E-state index in [4.69, 9.17) is 15.0 Å². The van der Waals surface area contributed by atoms with Crippen LogP contribution in [0.15, 0.2) is 85.1 Å². The van der Waals surface area contributed by atoms with Gasteiger partial charge in [0.2, 0.25) is 0 Å². The van der Waals surface area contributed by atoms with Gasteiger partial charge in [0.25, 0.3) is 0 Å². The Bertz CT molecular complexity index is 1770. The van der Waals surface area contributed by atoms with Crippen LogP contribution in [0.3, 0.4) is 0 Å². The van der Waals surface area contributed by atoms with Crippen LogP contribution >= 0.6 is 0 Å². The first-order valence-electron chi connectivity index (χ1n) is 14.4. The van der Waals surface area contributed by atoms with Crippen molar-refractivity contribution in [3.8, 4) is 40.4 Å². The second-order valence-corrected chi connectivity index (χ2v) is 12.1. The topological polar surface area (TPSA) is 75.3 Å². The highest BCUT2D eigenvalue weighted by molar-refractivity contribution is 5.98. The Hall–Kier alpha value is -4.43. The normalized spacial score (nSPS) is 24.7. The van der Waals surface area contributed by atoms with E-state index in [9.17, 15) is 5.26 Å². The number of pyridine rings is 1. The van der Waals surface area contributed by atoms with E-state index in [1.807, 2.05) is 36.4 Å². The van der Waals surface area contributed by atoms with Crippen LogP contribution in [0.2, 0.25) is 0 Å². The summed E-state index contributed by atoms with van der Waals surface area (Å²) in [5.41, 5.74) is 4.87. The number of fused-ring (bicyclic) bond motifs is 1. The van der Waals surface area contributed by atoms with E-state index >= 15 is 0 Å². The first-order valence-corrected chi connectivity index (χ1v) is 14.4. The lowest BCUT2D eigenvalue weighted by atomic mass is 9.47.